The van der Waals surface area contributed by atoms with Gasteiger partial charge in [0.15, 0.2) is 0 Å². The Balaban J connectivity index is 2.83. The van der Waals surface area contributed by atoms with Crippen molar-refractivity contribution < 1.29 is 9.90 Å². The van der Waals surface area contributed by atoms with Gasteiger partial charge in [-0.1, -0.05) is 51.7 Å². The van der Waals surface area contributed by atoms with Gasteiger partial charge in [-0.3, -0.25) is 4.79 Å². The summed E-state index contributed by atoms with van der Waals surface area (Å²) in [5.41, 5.74) is 5.14. The number of nitrogens with two attached hydrogens (primary N) is 1. The van der Waals surface area contributed by atoms with Gasteiger partial charge >= 0.3 is 0 Å². The standard InChI is InChI=1S/C15H28N2O2S/c1-3-9-15(10-4-2,13(16)20)14(19)17-11-7-5-6-8-12(11)18/h11-12,18H,3-10H2,1-2H3,(H2,16,20)(H,17,19). The number of amides is 1. The van der Waals surface area contributed by atoms with E-state index in [4.69, 9.17) is 18.0 Å². The summed E-state index contributed by atoms with van der Waals surface area (Å²) >= 11 is 5.19. The third kappa shape index (κ3) is 3.92. The molecule has 0 heterocycles. The third-order valence-corrected chi connectivity index (χ3v) is 4.70. The number of aliphatic hydroxyl groups is 1. The number of hydrogen-bond donors (Lipinski definition) is 3. The van der Waals surface area contributed by atoms with Crippen molar-refractivity contribution in [1.82, 2.24) is 5.32 Å². The second kappa shape index (κ2) is 7.93. The van der Waals surface area contributed by atoms with Crippen LogP contribution in [0.4, 0.5) is 0 Å². The predicted octanol–water partition coefficient (Wildman–Crippen LogP) is 2.28. The van der Waals surface area contributed by atoms with Crippen LogP contribution in [0.2, 0.25) is 0 Å². The van der Waals surface area contributed by atoms with E-state index in [0.717, 1.165) is 38.5 Å². The minimum Gasteiger partial charge on any atom is -0.392 e. The first-order valence-electron chi connectivity index (χ1n) is 7.76. The molecule has 0 aromatic carbocycles. The van der Waals surface area contributed by atoms with Crippen LogP contribution < -0.4 is 11.1 Å². The van der Waals surface area contributed by atoms with Gasteiger partial charge in [-0.2, -0.15) is 0 Å². The highest BCUT2D eigenvalue weighted by Crippen LogP contribution is 2.32. The molecule has 1 amide bonds. The van der Waals surface area contributed by atoms with Gasteiger partial charge in [-0.05, 0) is 25.7 Å². The van der Waals surface area contributed by atoms with Crippen LogP contribution in [0, 0.1) is 5.41 Å². The normalized spacial score (nSPS) is 23.4. The fourth-order valence-electron chi connectivity index (χ4n) is 3.15. The molecule has 2 unspecified atom stereocenters. The van der Waals surface area contributed by atoms with E-state index in [-0.39, 0.29) is 16.9 Å². The van der Waals surface area contributed by atoms with E-state index in [2.05, 4.69) is 5.32 Å². The monoisotopic (exact) mass is 300 g/mol. The summed E-state index contributed by atoms with van der Waals surface area (Å²) < 4.78 is 0. The molecule has 0 saturated heterocycles. The molecule has 4 nitrogen and oxygen atoms in total. The van der Waals surface area contributed by atoms with Crippen molar-refractivity contribution >= 4 is 23.1 Å². The Hall–Kier alpha value is -0.680. The Bertz CT molecular complexity index is 341. The molecule has 1 fully saturated rings. The summed E-state index contributed by atoms with van der Waals surface area (Å²) in [6, 6.07) is -0.154. The summed E-state index contributed by atoms with van der Waals surface area (Å²) in [7, 11) is 0. The van der Waals surface area contributed by atoms with E-state index >= 15 is 0 Å². The zero-order valence-corrected chi connectivity index (χ0v) is 13.5. The number of nitrogens with one attached hydrogen (secondary N) is 1. The molecule has 1 rings (SSSR count). The SMILES string of the molecule is CCCC(CCC)(C(=O)NC1CCCCC1O)C(N)=S. The largest absolute Gasteiger partial charge is 0.392 e. The first-order valence-corrected chi connectivity index (χ1v) is 8.17. The van der Waals surface area contributed by atoms with Crippen molar-refractivity contribution in [2.75, 3.05) is 0 Å². The average Bonchev–Trinajstić information content (AvgIpc) is 2.40. The molecule has 0 aliphatic heterocycles. The summed E-state index contributed by atoms with van der Waals surface area (Å²) in [6.07, 6.45) is 6.28. The Morgan fingerprint density at radius 3 is 2.30 bits per heavy atom. The molecule has 0 aromatic rings. The molecule has 1 saturated carbocycles. The molecular formula is C15H28N2O2S. The van der Waals surface area contributed by atoms with Gasteiger partial charge in [0.05, 0.1) is 22.5 Å². The van der Waals surface area contributed by atoms with Gasteiger partial charge in [-0.15, -0.1) is 0 Å². The Morgan fingerprint density at radius 1 is 1.30 bits per heavy atom. The van der Waals surface area contributed by atoms with E-state index in [1.54, 1.807) is 0 Å². The molecule has 0 radical (unpaired) electrons. The first kappa shape index (κ1) is 17.4. The molecule has 0 spiro atoms. The molecule has 4 N–H and O–H groups in total. The lowest BCUT2D eigenvalue weighted by Crippen LogP contribution is -2.54. The van der Waals surface area contributed by atoms with Crippen LogP contribution >= 0.6 is 12.2 Å². The molecule has 0 aromatic heterocycles. The van der Waals surface area contributed by atoms with E-state index in [9.17, 15) is 9.90 Å². The fourth-order valence-corrected chi connectivity index (χ4v) is 3.45. The average molecular weight is 300 g/mol. The Kier molecular flexibility index (Phi) is 6.89. The van der Waals surface area contributed by atoms with Crippen LogP contribution in [0.3, 0.4) is 0 Å². The summed E-state index contributed by atoms with van der Waals surface area (Å²) in [6.45, 7) is 4.07. The molecule has 5 heteroatoms. The smallest absolute Gasteiger partial charge is 0.233 e. The van der Waals surface area contributed by atoms with E-state index in [1.165, 1.54) is 0 Å². The molecule has 20 heavy (non-hydrogen) atoms. The summed E-state index contributed by atoms with van der Waals surface area (Å²) in [5.74, 6) is -0.0975. The van der Waals surface area contributed by atoms with Crippen LogP contribution in [0.25, 0.3) is 0 Å². The number of hydrogen-bond acceptors (Lipinski definition) is 3. The van der Waals surface area contributed by atoms with Gasteiger partial charge in [0.25, 0.3) is 0 Å². The minimum atomic E-state index is -0.754. The second-order valence-electron chi connectivity index (χ2n) is 5.88. The van der Waals surface area contributed by atoms with Crippen molar-refractivity contribution in [3.8, 4) is 0 Å². The minimum absolute atomic E-state index is 0.0975. The van der Waals surface area contributed by atoms with Crippen LogP contribution in [0.1, 0.15) is 65.2 Å². The molecule has 2 atom stereocenters. The number of rotatable bonds is 7. The highest BCUT2D eigenvalue weighted by atomic mass is 32.1. The maximum Gasteiger partial charge on any atom is 0.233 e. The maximum atomic E-state index is 12.7. The van der Waals surface area contributed by atoms with Crippen molar-refractivity contribution in [3.63, 3.8) is 0 Å². The number of thiocarbonyl (C=S) groups is 1. The summed E-state index contributed by atoms with van der Waals surface area (Å²) in [4.78, 5) is 13.0. The van der Waals surface area contributed by atoms with Gasteiger partial charge in [0, 0.05) is 0 Å². The van der Waals surface area contributed by atoms with Crippen molar-refractivity contribution in [3.05, 3.63) is 0 Å². The molecular weight excluding hydrogens is 272 g/mol. The second-order valence-corrected chi connectivity index (χ2v) is 6.32. The zero-order valence-electron chi connectivity index (χ0n) is 12.7. The molecule has 1 aliphatic rings. The van der Waals surface area contributed by atoms with Crippen molar-refractivity contribution in [2.45, 2.75) is 77.4 Å². The van der Waals surface area contributed by atoms with Gasteiger partial charge in [0.2, 0.25) is 5.91 Å². The lowest BCUT2D eigenvalue weighted by molar-refractivity contribution is -0.130. The third-order valence-electron chi connectivity index (χ3n) is 4.31. The zero-order chi connectivity index (χ0) is 15.2. The highest BCUT2D eigenvalue weighted by molar-refractivity contribution is 7.80. The highest BCUT2D eigenvalue weighted by Gasteiger charge is 2.41. The number of carbonyl (C=O) groups excluding carboxylic acids is 1. The molecule has 0 bridgehead atoms. The van der Waals surface area contributed by atoms with Crippen molar-refractivity contribution in [2.24, 2.45) is 11.1 Å². The molecule has 1 aliphatic carbocycles. The number of carbonyl (C=O) groups is 1. The Labute approximate surface area is 127 Å². The van der Waals surface area contributed by atoms with E-state index in [0.29, 0.717) is 12.8 Å². The van der Waals surface area contributed by atoms with Crippen LogP contribution in [-0.2, 0) is 4.79 Å². The predicted molar refractivity (Wildman–Crippen MR) is 85.4 cm³/mol. The van der Waals surface area contributed by atoms with Crippen LogP contribution in [0.5, 0.6) is 0 Å². The molecule has 116 valence electrons. The fraction of sp³-hybridized carbons (Fsp3) is 0.867. The van der Waals surface area contributed by atoms with Crippen LogP contribution in [0.15, 0.2) is 0 Å². The van der Waals surface area contributed by atoms with E-state index < -0.39 is 11.5 Å². The lowest BCUT2D eigenvalue weighted by Gasteiger charge is -2.35. The lowest BCUT2D eigenvalue weighted by atomic mass is 9.77. The van der Waals surface area contributed by atoms with Gasteiger partial charge < -0.3 is 16.2 Å². The summed E-state index contributed by atoms with van der Waals surface area (Å²) in [5, 5.41) is 13.0. The first-order chi connectivity index (χ1) is 9.47. The van der Waals surface area contributed by atoms with E-state index in [1.807, 2.05) is 13.8 Å². The van der Waals surface area contributed by atoms with Crippen LogP contribution in [-0.4, -0.2) is 28.1 Å². The number of aliphatic hydroxyl groups excluding tert-OH is 1. The van der Waals surface area contributed by atoms with Gasteiger partial charge in [-0.25, -0.2) is 0 Å². The quantitative estimate of drug-likeness (QED) is 0.631. The van der Waals surface area contributed by atoms with Gasteiger partial charge in [0.1, 0.15) is 0 Å². The topological polar surface area (TPSA) is 75.3 Å². The van der Waals surface area contributed by atoms with Crippen molar-refractivity contribution in [1.29, 1.82) is 0 Å². The Morgan fingerprint density at radius 2 is 1.85 bits per heavy atom. The maximum absolute atomic E-state index is 12.7.